The molecule has 0 saturated carbocycles. The summed E-state index contributed by atoms with van der Waals surface area (Å²) in [6.07, 6.45) is 6.84. The largest absolute Gasteiger partial charge is 0.491 e. The molecule has 2 aromatic rings. The third kappa shape index (κ3) is 6.16. The van der Waals surface area contributed by atoms with Crippen molar-refractivity contribution in [1.29, 1.82) is 0 Å². The third-order valence-corrected chi connectivity index (χ3v) is 6.56. The van der Waals surface area contributed by atoms with E-state index in [-0.39, 0.29) is 25.2 Å². The van der Waals surface area contributed by atoms with E-state index >= 15 is 0 Å². The van der Waals surface area contributed by atoms with E-state index < -0.39 is 10.4 Å². The molecule has 0 spiro atoms. The molecule has 0 N–H and O–H groups in total. The van der Waals surface area contributed by atoms with Crippen LogP contribution in [-0.2, 0) is 29.9 Å². The zero-order valence-corrected chi connectivity index (χ0v) is 19.0. The summed E-state index contributed by atoms with van der Waals surface area (Å²) in [6.45, 7) is 5.03. The molecule has 0 atom stereocenters. The standard InChI is InChI=1S/C22H29N3O6S/c1-2-17-13-23-22(24-14-17)25-9-7-21(8-10-25)29-12-11-28-20-5-3-18(4-6-20)19-15-30-32(26,27)31-16-19/h3-6,13-14,19,21H,2,7-12,15-16H2,1H3. The molecule has 0 bridgehead atoms. The number of benzene rings is 1. The zero-order chi connectivity index (χ0) is 22.4. The Bertz CT molecular complexity index is 946. The number of hydrogen-bond donors (Lipinski definition) is 0. The molecule has 32 heavy (non-hydrogen) atoms. The maximum Gasteiger partial charge on any atom is 0.399 e. The summed E-state index contributed by atoms with van der Waals surface area (Å²) >= 11 is 0. The molecule has 0 amide bonds. The number of aryl methyl sites for hydroxylation is 1. The third-order valence-electron chi connectivity index (χ3n) is 5.71. The summed E-state index contributed by atoms with van der Waals surface area (Å²) in [5.41, 5.74) is 2.10. The molecule has 2 saturated heterocycles. The lowest BCUT2D eigenvalue weighted by atomic mass is 10.0. The quantitative estimate of drug-likeness (QED) is 0.547. The van der Waals surface area contributed by atoms with E-state index in [2.05, 4.69) is 21.8 Å². The van der Waals surface area contributed by atoms with E-state index in [1.807, 2.05) is 36.7 Å². The van der Waals surface area contributed by atoms with E-state index in [1.165, 1.54) is 0 Å². The maximum atomic E-state index is 11.2. The van der Waals surface area contributed by atoms with E-state index in [4.69, 9.17) is 17.8 Å². The van der Waals surface area contributed by atoms with Gasteiger partial charge in [0.15, 0.2) is 0 Å². The first-order valence-electron chi connectivity index (χ1n) is 11.0. The van der Waals surface area contributed by atoms with Gasteiger partial charge in [-0.15, -0.1) is 0 Å². The van der Waals surface area contributed by atoms with Crippen molar-refractivity contribution >= 4 is 16.3 Å². The van der Waals surface area contributed by atoms with Crippen LogP contribution in [0.2, 0.25) is 0 Å². The smallest absolute Gasteiger partial charge is 0.399 e. The van der Waals surface area contributed by atoms with Gasteiger partial charge in [0, 0.05) is 31.4 Å². The number of hydrogen-bond acceptors (Lipinski definition) is 9. The highest BCUT2D eigenvalue weighted by Gasteiger charge is 2.26. The fraction of sp³-hybridized carbons (Fsp3) is 0.545. The minimum atomic E-state index is -3.82. The molecule has 3 heterocycles. The summed E-state index contributed by atoms with van der Waals surface area (Å²) in [6, 6.07) is 7.52. The predicted octanol–water partition coefficient (Wildman–Crippen LogP) is 2.48. The Labute approximate surface area is 189 Å². The summed E-state index contributed by atoms with van der Waals surface area (Å²) in [7, 11) is -3.82. The lowest BCUT2D eigenvalue weighted by Gasteiger charge is -2.31. The predicted molar refractivity (Wildman–Crippen MR) is 118 cm³/mol. The van der Waals surface area contributed by atoms with Gasteiger partial charge >= 0.3 is 10.4 Å². The van der Waals surface area contributed by atoms with E-state index in [0.29, 0.717) is 13.2 Å². The van der Waals surface area contributed by atoms with Crippen LogP contribution in [0, 0.1) is 0 Å². The first-order chi connectivity index (χ1) is 15.5. The fourth-order valence-corrected chi connectivity index (χ4v) is 4.46. The normalized spacial score (nSPS) is 19.7. The highest BCUT2D eigenvalue weighted by atomic mass is 32.3. The SMILES string of the molecule is CCc1cnc(N2CCC(OCCOc3ccc(C4COS(=O)(=O)OC4)cc3)CC2)nc1. The van der Waals surface area contributed by atoms with Crippen molar-refractivity contribution in [3.05, 3.63) is 47.8 Å². The average Bonchev–Trinajstić information content (AvgIpc) is 2.83. The number of piperidine rings is 1. The Morgan fingerprint density at radius 2 is 1.69 bits per heavy atom. The van der Waals surface area contributed by atoms with Crippen LogP contribution in [0.4, 0.5) is 5.95 Å². The molecule has 2 fully saturated rings. The Kier molecular flexibility index (Phi) is 7.56. The first-order valence-corrected chi connectivity index (χ1v) is 12.3. The molecule has 4 rings (SSSR count). The molecule has 0 radical (unpaired) electrons. The van der Waals surface area contributed by atoms with Crippen LogP contribution in [0.25, 0.3) is 0 Å². The van der Waals surface area contributed by atoms with Crippen LogP contribution in [-0.4, -0.2) is 64.0 Å². The van der Waals surface area contributed by atoms with E-state index in [0.717, 1.165) is 55.2 Å². The lowest BCUT2D eigenvalue weighted by Crippen LogP contribution is -2.38. The van der Waals surface area contributed by atoms with Gasteiger partial charge in [-0.1, -0.05) is 19.1 Å². The second-order valence-corrected chi connectivity index (χ2v) is 9.18. The van der Waals surface area contributed by atoms with Crippen LogP contribution in [0.1, 0.15) is 36.8 Å². The number of ether oxygens (including phenoxy) is 2. The summed E-state index contributed by atoms with van der Waals surface area (Å²) < 4.78 is 43.5. The minimum Gasteiger partial charge on any atom is -0.491 e. The molecule has 10 heteroatoms. The zero-order valence-electron chi connectivity index (χ0n) is 18.2. The van der Waals surface area contributed by atoms with Gasteiger partial charge in [-0.3, -0.25) is 0 Å². The highest BCUT2D eigenvalue weighted by Crippen LogP contribution is 2.25. The number of anilines is 1. The molecule has 9 nitrogen and oxygen atoms in total. The summed E-state index contributed by atoms with van der Waals surface area (Å²) in [5, 5.41) is 0. The van der Waals surface area contributed by atoms with Gasteiger partial charge in [-0.25, -0.2) is 18.3 Å². The fourth-order valence-electron chi connectivity index (χ4n) is 3.73. The topological polar surface area (TPSA) is 100 Å². The van der Waals surface area contributed by atoms with E-state index in [9.17, 15) is 8.42 Å². The van der Waals surface area contributed by atoms with Crippen molar-refractivity contribution in [3.63, 3.8) is 0 Å². The number of nitrogens with zero attached hydrogens (tertiary/aromatic N) is 3. The van der Waals surface area contributed by atoms with Crippen LogP contribution < -0.4 is 9.64 Å². The Morgan fingerprint density at radius 1 is 1.03 bits per heavy atom. The van der Waals surface area contributed by atoms with Gasteiger partial charge in [0.05, 0.1) is 25.9 Å². The van der Waals surface area contributed by atoms with Gasteiger partial charge < -0.3 is 14.4 Å². The van der Waals surface area contributed by atoms with Crippen molar-refractivity contribution in [3.8, 4) is 5.75 Å². The van der Waals surface area contributed by atoms with Crippen molar-refractivity contribution in [2.45, 2.75) is 38.2 Å². The van der Waals surface area contributed by atoms with Crippen LogP contribution in [0.15, 0.2) is 36.7 Å². The van der Waals surface area contributed by atoms with Crippen LogP contribution in [0.5, 0.6) is 5.75 Å². The first kappa shape index (κ1) is 22.9. The monoisotopic (exact) mass is 463 g/mol. The second kappa shape index (κ2) is 10.6. The Morgan fingerprint density at radius 3 is 2.31 bits per heavy atom. The molecule has 1 aromatic heterocycles. The van der Waals surface area contributed by atoms with Crippen molar-refractivity contribution < 1.29 is 26.3 Å². The molecule has 0 aliphatic carbocycles. The molecule has 2 aliphatic rings. The summed E-state index contributed by atoms with van der Waals surface area (Å²) in [5.74, 6) is 1.42. The number of aromatic nitrogens is 2. The van der Waals surface area contributed by atoms with Crippen LogP contribution >= 0.6 is 0 Å². The highest BCUT2D eigenvalue weighted by molar-refractivity contribution is 7.81. The molecule has 2 aliphatic heterocycles. The van der Waals surface area contributed by atoms with Gasteiger partial charge in [-0.2, -0.15) is 8.42 Å². The summed E-state index contributed by atoms with van der Waals surface area (Å²) in [4.78, 5) is 11.1. The second-order valence-electron chi connectivity index (χ2n) is 7.89. The molecule has 174 valence electrons. The van der Waals surface area contributed by atoms with Crippen molar-refractivity contribution in [2.75, 3.05) is 44.4 Å². The molecule has 1 aromatic carbocycles. The lowest BCUT2D eigenvalue weighted by molar-refractivity contribution is 0.0201. The van der Waals surface area contributed by atoms with Gasteiger partial charge in [0.2, 0.25) is 5.95 Å². The van der Waals surface area contributed by atoms with E-state index in [1.54, 1.807) is 0 Å². The maximum absolute atomic E-state index is 11.2. The van der Waals surface area contributed by atoms with Gasteiger partial charge in [0.25, 0.3) is 0 Å². The van der Waals surface area contributed by atoms with Crippen LogP contribution in [0.3, 0.4) is 0 Å². The molecular weight excluding hydrogens is 434 g/mol. The van der Waals surface area contributed by atoms with Crippen molar-refractivity contribution in [2.24, 2.45) is 0 Å². The number of rotatable bonds is 8. The molecule has 0 unspecified atom stereocenters. The van der Waals surface area contributed by atoms with Gasteiger partial charge in [-0.05, 0) is 42.5 Å². The average molecular weight is 464 g/mol. The Balaban J connectivity index is 1.14. The minimum absolute atomic E-state index is 0.0887. The van der Waals surface area contributed by atoms with Crippen molar-refractivity contribution in [1.82, 2.24) is 9.97 Å². The molecular formula is C22H29N3O6S. The van der Waals surface area contributed by atoms with Gasteiger partial charge in [0.1, 0.15) is 12.4 Å². The Hall–Kier alpha value is -2.27.